The number of hydrogen-bond acceptors (Lipinski definition) is 5. The van der Waals surface area contributed by atoms with Crippen LogP contribution in [0.4, 0.5) is 5.00 Å². The fourth-order valence-corrected chi connectivity index (χ4v) is 2.15. The fourth-order valence-electron chi connectivity index (χ4n) is 1.28. The first-order valence-electron chi connectivity index (χ1n) is 5.22. The molecule has 2 rings (SSSR count). The van der Waals surface area contributed by atoms with E-state index in [2.05, 4.69) is 10.2 Å². The lowest BCUT2D eigenvalue weighted by molar-refractivity contribution is -0.380. The van der Waals surface area contributed by atoms with Crippen LogP contribution < -0.4 is 0 Å². The Labute approximate surface area is 118 Å². The molecule has 0 saturated heterocycles. The molecule has 0 fully saturated rings. The molecule has 2 aromatic rings. The van der Waals surface area contributed by atoms with Crippen molar-refractivity contribution < 1.29 is 4.92 Å². The Morgan fingerprint density at radius 3 is 2.58 bits per heavy atom. The van der Waals surface area contributed by atoms with E-state index in [0.717, 1.165) is 16.9 Å². The molecular formula is C12H8ClN3O2S. The van der Waals surface area contributed by atoms with Gasteiger partial charge in [0.25, 0.3) is 0 Å². The summed E-state index contributed by atoms with van der Waals surface area (Å²) in [5.41, 5.74) is 0.762. The molecule has 0 atom stereocenters. The molecule has 96 valence electrons. The van der Waals surface area contributed by atoms with Crippen LogP contribution in [0.15, 0.2) is 46.6 Å². The van der Waals surface area contributed by atoms with Crippen LogP contribution in [0.3, 0.4) is 0 Å². The maximum Gasteiger partial charge on any atom is 0.324 e. The van der Waals surface area contributed by atoms with E-state index in [1.807, 2.05) is 18.2 Å². The van der Waals surface area contributed by atoms with Crippen molar-refractivity contribution in [2.24, 2.45) is 10.2 Å². The first-order chi connectivity index (χ1) is 9.16. The molecule has 0 bridgehead atoms. The Morgan fingerprint density at radius 1 is 1.16 bits per heavy atom. The normalized spacial score (nSPS) is 11.4. The van der Waals surface area contributed by atoms with Crippen LogP contribution in [-0.2, 0) is 0 Å². The van der Waals surface area contributed by atoms with Crippen LogP contribution >= 0.6 is 22.9 Å². The van der Waals surface area contributed by atoms with Crippen LogP contribution in [0, 0.1) is 10.1 Å². The average molecular weight is 294 g/mol. The smallest absolute Gasteiger partial charge is 0.258 e. The van der Waals surface area contributed by atoms with E-state index in [9.17, 15) is 10.1 Å². The molecule has 0 saturated carbocycles. The van der Waals surface area contributed by atoms with Gasteiger partial charge in [-0.1, -0.05) is 41.1 Å². The predicted octanol–water partition coefficient (Wildman–Crippen LogP) is 3.76. The number of nitrogens with zero attached hydrogens (tertiary/aromatic N) is 3. The van der Waals surface area contributed by atoms with Crippen LogP contribution in [-0.4, -0.2) is 17.4 Å². The van der Waals surface area contributed by atoms with E-state index in [0.29, 0.717) is 9.90 Å². The molecule has 1 aromatic heterocycles. The van der Waals surface area contributed by atoms with E-state index in [4.69, 9.17) is 11.6 Å². The highest BCUT2D eigenvalue weighted by Gasteiger charge is 2.07. The molecule has 19 heavy (non-hydrogen) atoms. The number of thiophene rings is 1. The highest BCUT2D eigenvalue weighted by Crippen LogP contribution is 2.22. The summed E-state index contributed by atoms with van der Waals surface area (Å²) in [7, 11) is 0. The summed E-state index contributed by atoms with van der Waals surface area (Å²) < 4.78 is 0. The molecule has 7 heteroatoms. The van der Waals surface area contributed by atoms with Crippen molar-refractivity contribution in [3.8, 4) is 0 Å². The maximum atomic E-state index is 10.5. The van der Waals surface area contributed by atoms with Gasteiger partial charge in [-0.2, -0.15) is 10.2 Å². The lowest BCUT2D eigenvalue weighted by Gasteiger charge is -1.93. The Balaban J connectivity index is 2.03. The van der Waals surface area contributed by atoms with Gasteiger partial charge in [-0.15, -0.1) is 0 Å². The van der Waals surface area contributed by atoms with E-state index in [-0.39, 0.29) is 5.00 Å². The third kappa shape index (κ3) is 3.70. The van der Waals surface area contributed by atoms with Crippen LogP contribution in [0.5, 0.6) is 0 Å². The summed E-state index contributed by atoms with van der Waals surface area (Å²) in [6, 6.07) is 10.3. The molecule has 0 spiro atoms. The lowest BCUT2D eigenvalue weighted by Crippen LogP contribution is -1.81. The molecule has 0 amide bonds. The second kappa shape index (κ2) is 6.21. The zero-order chi connectivity index (χ0) is 13.7. The minimum atomic E-state index is -0.435. The van der Waals surface area contributed by atoms with Crippen molar-refractivity contribution in [3.05, 3.63) is 62.0 Å². The van der Waals surface area contributed by atoms with E-state index in [1.54, 1.807) is 12.1 Å². The molecular weight excluding hydrogens is 286 g/mol. The van der Waals surface area contributed by atoms with Crippen molar-refractivity contribution in [1.82, 2.24) is 0 Å². The Kier molecular flexibility index (Phi) is 4.38. The molecule has 0 N–H and O–H groups in total. The first-order valence-corrected chi connectivity index (χ1v) is 6.41. The second-order valence-corrected chi connectivity index (χ2v) is 4.94. The third-order valence-corrected chi connectivity index (χ3v) is 3.46. The largest absolute Gasteiger partial charge is 0.324 e. The highest BCUT2D eigenvalue weighted by molar-refractivity contribution is 7.16. The Morgan fingerprint density at radius 2 is 1.89 bits per heavy atom. The summed E-state index contributed by atoms with van der Waals surface area (Å²) in [5, 5.41) is 18.8. The summed E-state index contributed by atoms with van der Waals surface area (Å²) in [4.78, 5) is 10.7. The SMILES string of the molecule is O=[N+]([O-])c1ccc(/C=N/N=C/c2ccccc2Cl)s1. The fraction of sp³-hybridized carbons (Fsp3) is 0. The third-order valence-electron chi connectivity index (χ3n) is 2.15. The van der Waals surface area contributed by atoms with Crippen molar-refractivity contribution in [3.63, 3.8) is 0 Å². The number of hydrogen-bond donors (Lipinski definition) is 0. The lowest BCUT2D eigenvalue weighted by atomic mass is 10.2. The standard InChI is InChI=1S/C12H8ClN3O2S/c13-11-4-2-1-3-9(11)7-14-15-8-10-5-6-12(19-10)16(17)18/h1-8H/b14-7+,15-8+. The monoisotopic (exact) mass is 293 g/mol. The molecule has 0 aliphatic rings. The molecule has 0 unspecified atom stereocenters. The minimum absolute atomic E-state index is 0.0801. The first kappa shape index (κ1) is 13.4. The molecule has 5 nitrogen and oxygen atoms in total. The maximum absolute atomic E-state index is 10.5. The quantitative estimate of drug-likeness (QED) is 0.489. The Hall–Kier alpha value is -2.05. The van der Waals surface area contributed by atoms with Gasteiger partial charge in [0.15, 0.2) is 0 Å². The zero-order valence-electron chi connectivity index (χ0n) is 9.56. The van der Waals surface area contributed by atoms with Gasteiger partial charge in [0.05, 0.1) is 22.2 Å². The summed E-state index contributed by atoms with van der Waals surface area (Å²) in [5.74, 6) is 0. The van der Waals surface area contributed by atoms with Gasteiger partial charge in [-0.05, 0) is 12.1 Å². The number of benzene rings is 1. The number of halogens is 1. The minimum Gasteiger partial charge on any atom is -0.258 e. The second-order valence-electron chi connectivity index (χ2n) is 3.44. The summed E-state index contributed by atoms with van der Waals surface area (Å²) in [6.07, 6.45) is 2.99. The molecule has 0 aliphatic heterocycles. The summed E-state index contributed by atoms with van der Waals surface area (Å²) >= 11 is 6.98. The zero-order valence-corrected chi connectivity index (χ0v) is 11.1. The van der Waals surface area contributed by atoms with E-state index < -0.39 is 4.92 Å². The van der Waals surface area contributed by atoms with E-state index >= 15 is 0 Å². The predicted molar refractivity (Wildman–Crippen MR) is 77.6 cm³/mol. The van der Waals surface area contributed by atoms with Crippen molar-refractivity contribution in [2.75, 3.05) is 0 Å². The average Bonchev–Trinajstić information content (AvgIpc) is 2.85. The topological polar surface area (TPSA) is 67.9 Å². The van der Waals surface area contributed by atoms with Crippen LogP contribution in [0.25, 0.3) is 0 Å². The molecule has 0 aliphatic carbocycles. The van der Waals surface area contributed by atoms with Crippen molar-refractivity contribution in [1.29, 1.82) is 0 Å². The highest BCUT2D eigenvalue weighted by atomic mass is 35.5. The van der Waals surface area contributed by atoms with Crippen molar-refractivity contribution >= 4 is 40.4 Å². The molecule has 0 radical (unpaired) electrons. The number of rotatable bonds is 4. The van der Waals surface area contributed by atoms with Gasteiger partial charge in [-0.3, -0.25) is 10.1 Å². The van der Waals surface area contributed by atoms with Gasteiger partial charge in [0, 0.05) is 16.7 Å². The molecule has 1 aromatic carbocycles. The summed E-state index contributed by atoms with van der Waals surface area (Å²) in [6.45, 7) is 0. The van der Waals surface area contributed by atoms with E-state index in [1.165, 1.54) is 18.5 Å². The Bertz CT molecular complexity index is 652. The van der Waals surface area contributed by atoms with Gasteiger partial charge >= 0.3 is 5.00 Å². The van der Waals surface area contributed by atoms with Gasteiger partial charge in [0.2, 0.25) is 0 Å². The molecule has 1 heterocycles. The van der Waals surface area contributed by atoms with Crippen molar-refractivity contribution in [2.45, 2.75) is 0 Å². The van der Waals surface area contributed by atoms with Gasteiger partial charge in [-0.25, -0.2) is 0 Å². The van der Waals surface area contributed by atoms with Gasteiger partial charge < -0.3 is 0 Å². The number of nitro groups is 1. The van der Waals surface area contributed by atoms with Crippen LogP contribution in [0.2, 0.25) is 5.02 Å². The van der Waals surface area contributed by atoms with Gasteiger partial charge in [0.1, 0.15) is 0 Å². The van der Waals surface area contributed by atoms with Crippen LogP contribution in [0.1, 0.15) is 10.4 Å².